The Bertz CT molecular complexity index is 463. The molecule has 108 valence electrons. The number of nitrogens with zero attached hydrogens (tertiary/aromatic N) is 2. The third kappa shape index (κ3) is 2.88. The first-order valence-corrected chi connectivity index (χ1v) is 7.67. The lowest BCUT2D eigenvalue weighted by Gasteiger charge is -2.37. The third-order valence-corrected chi connectivity index (χ3v) is 5.04. The monoisotopic (exact) mass is 272 g/mol. The molecular weight excluding hydrogens is 248 g/mol. The minimum Gasteiger partial charge on any atom is -0.342 e. The molecule has 3 rings (SSSR count). The Labute approximate surface area is 121 Å². The lowest BCUT2D eigenvalue weighted by atomic mass is 9.78. The van der Waals surface area contributed by atoms with Gasteiger partial charge in [-0.3, -0.25) is 4.79 Å². The summed E-state index contributed by atoms with van der Waals surface area (Å²) in [4.78, 5) is 16.9. The molecule has 0 aromatic heterocycles. The van der Waals surface area contributed by atoms with Gasteiger partial charge in [0.05, 0.1) is 6.42 Å². The summed E-state index contributed by atoms with van der Waals surface area (Å²) in [5.41, 5.74) is 1.54. The Kier molecular flexibility index (Phi) is 3.79. The fraction of sp³-hybridized carbons (Fsp3) is 0.588. The van der Waals surface area contributed by atoms with Crippen LogP contribution in [0.25, 0.3) is 0 Å². The summed E-state index contributed by atoms with van der Waals surface area (Å²) in [6.07, 6.45) is 4.25. The van der Waals surface area contributed by atoms with Crippen molar-refractivity contribution in [3.8, 4) is 0 Å². The van der Waals surface area contributed by atoms with E-state index in [-0.39, 0.29) is 0 Å². The van der Waals surface area contributed by atoms with Gasteiger partial charge >= 0.3 is 0 Å². The van der Waals surface area contributed by atoms with Crippen LogP contribution in [-0.4, -0.2) is 48.9 Å². The fourth-order valence-electron chi connectivity index (χ4n) is 3.53. The first-order valence-electron chi connectivity index (χ1n) is 7.67. The number of hydrogen-bond donors (Lipinski definition) is 0. The highest BCUT2D eigenvalue weighted by Gasteiger charge is 2.41. The first-order chi connectivity index (χ1) is 9.67. The number of benzene rings is 1. The smallest absolute Gasteiger partial charge is 0.227 e. The van der Waals surface area contributed by atoms with Gasteiger partial charge in [0.1, 0.15) is 0 Å². The molecule has 0 bridgehead atoms. The lowest BCUT2D eigenvalue weighted by Crippen LogP contribution is -2.40. The highest BCUT2D eigenvalue weighted by Crippen LogP contribution is 2.40. The molecule has 2 aliphatic rings. The van der Waals surface area contributed by atoms with Crippen molar-refractivity contribution in [3.63, 3.8) is 0 Å². The van der Waals surface area contributed by atoms with E-state index in [1.165, 1.54) is 32.4 Å². The zero-order valence-electron chi connectivity index (χ0n) is 12.3. The van der Waals surface area contributed by atoms with Gasteiger partial charge in [0.25, 0.3) is 0 Å². The second kappa shape index (κ2) is 5.57. The molecule has 0 N–H and O–H groups in total. The first kappa shape index (κ1) is 13.6. The van der Waals surface area contributed by atoms with Crippen molar-refractivity contribution in [1.82, 2.24) is 9.80 Å². The quantitative estimate of drug-likeness (QED) is 0.824. The molecule has 20 heavy (non-hydrogen) atoms. The Hall–Kier alpha value is -1.35. The normalized spacial score (nSPS) is 22.4. The summed E-state index contributed by atoms with van der Waals surface area (Å²) in [6, 6.07) is 10.1. The number of carbonyl (C=O) groups excluding carboxylic acids is 1. The van der Waals surface area contributed by atoms with Gasteiger partial charge in [-0.15, -0.1) is 0 Å². The SMILES string of the molecule is CN1CCC2(CC1)CCN(C(=O)Cc1ccccc1)C2. The molecule has 0 saturated carbocycles. The van der Waals surface area contributed by atoms with Gasteiger partial charge in [0.2, 0.25) is 5.91 Å². The van der Waals surface area contributed by atoms with Crippen LogP contribution in [0.3, 0.4) is 0 Å². The zero-order valence-corrected chi connectivity index (χ0v) is 12.3. The van der Waals surface area contributed by atoms with Crippen LogP contribution in [0, 0.1) is 5.41 Å². The molecule has 2 aliphatic heterocycles. The van der Waals surface area contributed by atoms with Gasteiger partial charge < -0.3 is 9.80 Å². The summed E-state index contributed by atoms with van der Waals surface area (Å²) in [5, 5.41) is 0. The van der Waals surface area contributed by atoms with Crippen molar-refractivity contribution in [1.29, 1.82) is 0 Å². The Morgan fingerprint density at radius 3 is 2.45 bits per heavy atom. The van der Waals surface area contributed by atoms with Crippen LogP contribution >= 0.6 is 0 Å². The fourth-order valence-corrected chi connectivity index (χ4v) is 3.53. The Balaban J connectivity index is 1.58. The largest absolute Gasteiger partial charge is 0.342 e. The van der Waals surface area contributed by atoms with E-state index in [2.05, 4.69) is 16.8 Å². The third-order valence-electron chi connectivity index (χ3n) is 5.04. The molecule has 0 aliphatic carbocycles. The number of rotatable bonds is 2. The van der Waals surface area contributed by atoms with Gasteiger partial charge in [-0.05, 0) is 50.4 Å². The maximum atomic E-state index is 12.4. The van der Waals surface area contributed by atoms with E-state index < -0.39 is 0 Å². The highest BCUT2D eigenvalue weighted by atomic mass is 16.2. The molecule has 0 radical (unpaired) electrons. The van der Waals surface area contributed by atoms with E-state index in [0.717, 1.165) is 18.7 Å². The molecule has 2 heterocycles. The van der Waals surface area contributed by atoms with Crippen LogP contribution in [0.2, 0.25) is 0 Å². The predicted octanol–water partition coefficient (Wildman–Crippen LogP) is 2.17. The second-order valence-electron chi connectivity index (χ2n) is 6.53. The number of hydrogen-bond acceptors (Lipinski definition) is 2. The molecule has 1 aromatic rings. The van der Waals surface area contributed by atoms with Crippen molar-refractivity contribution >= 4 is 5.91 Å². The molecule has 0 atom stereocenters. The topological polar surface area (TPSA) is 23.6 Å². The molecule has 3 heteroatoms. The maximum Gasteiger partial charge on any atom is 0.227 e. The standard InChI is InChI=1S/C17H24N2O/c1-18-10-7-17(8-11-18)9-12-19(14-17)16(20)13-15-5-3-2-4-6-15/h2-6H,7-14H2,1H3. The van der Waals surface area contributed by atoms with Crippen molar-refractivity contribution in [3.05, 3.63) is 35.9 Å². The van der Waals surface area contributed by atoms with Crippen LogP contribution in [-0.2, 0) is 11.2 Å². The summed E-state index contributed by atoms with van der Waals surface area (Å²) in [6.45, 7) is 4.29. The number of likely N-dealkylation sites (tertiary alicyclic amines) is 2. The number of carbonyl (C=O) groups is 1. The van der Waals surface area contributed by atoms with Crippen LogP contribution < -0.4 is 0 Å². The van der Waals surface area contributed by atoms with Gasteiger partial charge in [-0.2, -0.15) is 0 Å². The van der Waals surface area contributed by atoms with E-state index in [4.69, 9.17) is 0 Å². The molecule has 2 fully saturated rings. The van der Waals surface area contributed by atoms with Gasteiger partial charge in [-0.1, -0.05) is 30.3 Å². The second-order valence-corrected chi connectivity index (χ2v) is 6.53. The van der Waals surface area contributed by atoms with Crippen molar-refractivity contribution in [2.45, 2.75) is 25.7 Å². The summed E-state index contributed by atoms with van der Waals surface area (Å²) >= 11 is 0. The van der Waals surface area contributed by atoms with E-state index in [1.807, 2.05) is 30.3 Å². The van der Waals surface area contributed by atoms with Gasteiger partial charge in [0.15, 0.2) is 0 Å². The molecule has 1 aromatic carbocycles. The van der Waals surface area contributed by atoms with Gasteiger partial charge in [-0.25, -0.2) is 0 Å². The maximum absolute atomic E-state index is 12.4. The molecule has 3 nitrogen and oxygen atoms in total. The van der Waals surface area contributed by atoms with E-state index in [0.29, 0.717) is 17.7 Å². The summed E-state index contributed by atoms with van der Waals surface area (Å²) in [5.74, 6) is 0.298. The summed E-state index contributed by atoms with van der Waals surface area (Å²) < 4.78 is 0. The van der Waals surface area contributed by atoms with Crippen LogP contribution in [0.1, 0.15) is 24.8 Å². The molecule has 2 saturated heterocycles. The molecule has 1 amide bonds. The minimum atomic E-state index is 0.298. The zero-order chi connectivity index (χ0) is 14.0. The van der Waals surface area contributed by atoms with Crippen LogP contribution in [0.4, 0.5) is 0 Å². The van der Waals surface area contributed by atoms with Crippen molar-refractivity contribution in [2.24, 2.45) is 5.41 Å². The summed E-state index contributed by atoms with van der Waals surface area (Å²) in [7, 11) is 2.19. The van der Waals surface area contributed by atoms with Crippen LogP contribution in [0.15, 0.2) is 30.3 Å². The molecular formula is C17H24N2O. The molecule has 1 spiro atoms. The van der Waals surface area contributed by atoms with Crippen LogP contribution in [0.5, 0.6) is 0 Å². The van der Waals surface area contributed by atoms with Crippen molar-refractivity contribution < 1.29 is 4.79 Å². The Morgan fingerprint density at radius 1 is 1.10 bits per heavy atom. The average molecular weight is 272 g/mol. The van der Waals surface area contributed by atoms with E-state index in [9.17, 15) is 4.79 Å². The highest BCUT2D eigenvalue weighted by molar-refractivity contribution is 5.79. The van der Waals surface area contributed by atoms with E-state index in [1.54, 1.807) is 0 Å². The van der Waals surface area contributed by atoms with Crippen molar-refractivity contribution in [2.75, 3.05) is 33.2 Å². The predicted molar refractivity (Wildman–Crippen MR) is 80.5 cm³/mol. The average Bonchev–Trinajstić information content (AvgIpc) is 2.88. The number of piperidine rings is 1. The van der Waals surface area contributed by atoms with E-state index >= 15 is 0 Å². The minimum absolute atomic E-state index is 0.298. The lowest BCUT2D eigenvalue weighted by molar-refractivity contribution is -0.130. The Morgan fingerprint density at radius 2 is 1.75 bits per heavy atom. The van der Waals surface area contributed by atoms with Gasteiger partial charge in [0, 0.05) is 13.1 Å². The number of amides is 1. The molecule has 0 unspecified atom stereocenters.